The third kappa shape index (κ3) is 3.15. The lowest BCUT2D eigenvalue weighted by atomic mass is 9.99. The second kappa shape index (κ2) is 6.12. The van der Waals surface area contributed by atoms with Gasteiger partial charge in [0.2, 0.25) is 10.0 Å². The first-order chi connectivity index (χ1) is 10.8. The van der Waals surface area contributed by atoms with E-state index in [9.17, 15) is 8.42 Å². The van der Waals surface area contributed by atoms with Gasteiger partial charge in [-0.1, -0.05) is 11.6 Å². The number of ether oxygens (including phenoxy) is 1. The van der Waals surface area contributed by atoms with Crippen LogP contribution in [0.1, 0.15) is 25.7 Å². The Morgan fingerprint density at radius 3 is 2.48 bits per heavy atom. The number of nitrogens with two attached hydrogens (primary N) is 1. The summed E-state index contributed by atoms with van der Waals surface area (Å²) in [7, 11) is -0.177. The summed E-state index contributed by atoms with van der Waals surface area (Å²) in [6.45, 7) is 0. The van der Waals surface area contributed by atoms with E-state index in [1.165, 1.54) is 19.2 Å². The van der Waals surface area contributed by atoms with Crippen molar-refractivity contribution in [3.63, 3.8) is 0 Å². The number of anilines is 1. The fraction of sp³-hybridized carbons (Fsp3) is 0.600. The summed E-state index contributed by atoms with van der Waals surface area (Å²) in [5, 5.41) is 0.203. The van der Waals surface area contributed by atoms with Crippen LogP contribution >= 0.6 is 11.6 Å². The molecule has 2 aliphatic heterocycles. The van der Waals surface area contributed by atoms with Gasteiger partial charge in [-0.05, 0) is 38.8 Å². The Labute approximate surface area is 142 Å². The first kappa shape index (κ1) is 16.8. The summed E-state index contributed by atoms with van der Waals surface area (Å²) in [6, 6.07) is 3.64. The van der Waals surface area contributed by atoms with Gasteiger partial charge >= 0.3 is 0 Å². The standard InChI is InChI=1S/C15H22ClN3O3S/c1-19-10-3-4-11(19)6-9(5-10)18-23(20,21)15-7-12(16)13(17)8-14(15)22-2/h7-11,18H,3-6,17H2,1-2H3/t9?,10-,11+. The van der Waals surface area contributed by atoms with Crippen LogP contribution in [0.15, 0.2) is 17.0 Å². The van der Waals surface area contributed by atoms with Gasteiger partial charge in [0, 0.05) is 24.2 Å². The Morgan fingerprint density at radius 2 is 1.91 bits per heavy atom. The van der Waals surface area contributed by atoms with Crippen molar-refractivity contribution in [2.75, 3.05) is 19.9 Å². The molecule has 3 rings (SSSR count). The van der Waals surface area contributed by atoms with Gasteiger partial charge in [0.15, 0.2) is 0 Å². The minimum Gasteiger partial charge on any atom is -0.495 e. The van der Waals surface area contributed by atoms with Crippen molar-refractivity contribution in [3.8, 4) is 5.75 Å². The van der Waals surface area contributed by atoms with E-state index in [0.29, 0.717) is 17.8 Å². The SMILES string of the molecule is COc1cc(N)c(Cl)cc1S(=O)(=O)NC1C[C@H]2CC[C@@H](C1)N2C. The lowest BCUT2D eigenvalue weighted by molar-refractivity contribution is 0.157. The van der Waals surface area contributed by atoms with E-state index in [1.807, 2.05) is 0 Å². The van der Waals surface area contributed by atoms with Gasteiger partial charge in [0.25, 0.3) is 0 Å². The van der Waals surface area contributed by atoms with Crippen molar-refractivity contribution in [1.82, 2.24) is 9.62 Å². The summed E-state index contributed by atoms with van der Waals surface area (Å²) in [5.41, 5.74) is 6.01. The van der Waals surface area contributed by atoms with Gasteiger partial charge in [-0.15, -0.1) is 0 Å². The predicted molar refractivity (Wildman–Crippen MR) is 90.3 cm³/mol. The smallest absolute Gasteiger partial charge is 0.244 e. The maximum atomic E-state index is 12.8. The number of nitrogens with zero attached hydrogens (tertiary/aromatic N) is 1. The van der Waals surface area contributed by atoms with E-state index in [2.05, 4.69) is 16.7 Å². The molecule has 2 fully saturated rings. The van der Waals surface area contributed by atoms with E-state index in [0.717, 1.165) is 25.7 Å². The molecule has 23 heavy (non-hydrogen) atoms. The molecule has 1 aromatic rings. The highest BCUT2D eigenvalue weighted by molar-refractivity contribution is 7.89. The van der Waals surface area contributed by atoms with Gasteiger partial charge in [0.1, 0.15) is 10.6 Å². The molecule has 6 nitrogen and oxygen atoms in total. The molecule has 1 unspecified atom stereocenters. The van der Waals surface area contributed by atoms with E-state index < -0.39 is 10.0 Å². The predicted octanol–water partition coefficient (Wildman–Crippen LogP) is 1.83. The highest BCUT2D eigenvalue weighted by Crippen LogP contribution is 2.36. The zero-order valence-electron chi connectivity index (χ0n) is 13.3. The van der Waals surface area contributed by atoms with Crippen molar-refractivity contribution in [2.45, 2.75) is 48.7 Å². The van der Waals surface area contributed by atoms with Crippen LogP contribution in [0.3, 0.4) is 0 Å². The Kier molecular flexibility index (Phi) is 4.48. The van der Waals surface area contributed by atoms with Crippen LogP contribution < -0.4 is 15.2 Å². The van der Waals surface area contributed by atoms with Crippen LogP contribution in [0.4, 0.5) is 5.69 Å². The van der Waals surface area contributed by atoms with Gasteiger partial charge in [0.05, 0.1) is 17.8 Å². The van der Waals surface area contributed by atoms with Crippen LogP contribution in [-0.2, 0) is 10.0 Å². The van der Waals surface area contributed by atoms with Gasteiger partial charge in [-0.2, -0.15) is 0 Å². The number of rotatable bonds is 4. The van der Waals surface area contributed by atoms with Crippen molar-refractivity contribution in [3.05, 3.63) is 17.2 Å². The zero-order chi connectivity index (χ0) is 16.8. The zero-order valence-corrected chi connectivity index (χ0v) is 14.8. The van der Waals surface area contributed by atoms with Crippen LogP contribution in [0, 0.1) is 0 Å². The fourth-order valence-electron chi connectivity index (χ4n) is 3.71. The number of piperidine rings is 1. The normalized spacial score (nSPS) is 28.0. The van der Waals surface area contributed by atoms with Crippen molar-refractivity contribution >= 4 is 27.3 Å². The minimum absolute atomic E-state index is 0.0328. The molecule has 0 saturated carbocycles. The van der Waals surface area contributed by atoms with Crippen molar-refractivity contribution in [1.29, 1.82) is 0 Å². The number of sulfonamides is 1. The molecule has 3 N–H and O–H groups in total. The molecule has 2 heterocycles. The number of nitrogens with one attached hydrogen (secondary N) is 1. The van der Waals surface area contributed by atoms with Crippen LogP contribution in [-0.4, -0.2) is 45.6 Å². The summed E-state index contributed by atoms with van der Waals surface area (Å²) >= 11 is 5.99. The third-order valence-electron chi connectivity index (χ3n) is 4.99. The van der Waals surface area contributed by atoms with Crippen molar-refractivity contribution in [2.24, 2.45) is 0 Å². The van der Waals surface area contributed by atoms with E-state index in [4.69, 9.17) is 22.1 Å². The molecular formula is C15H22ClN3O3S. The summed E-state index contributed by atoms with van der Waals surface area (Å²) < 4.78 is 33.5. The maximum absolute atomic E-state index is 12.8. The summed E-state index contributed by atoms with van der Waals surface area (Å²) in [5.74, 6) is 0.204. The molecule has 0 aliphatic carbocycles. The molecule has 0 spiro atoms. The van der Waals surface area contributed by atoms with Crippen LogP contribution in [0.5, 0.6) is 5.75 Å². The molecule has 128 valence electrons. The second-order valence-electron chi connectivity index (χ2n) is 6.36. The molecule has 8 heteroatoms. The molecule has 1 aromatic carbocycles. The maximum Gasteiger partial charge on any atom is 0.244 e. The van der Waals surface area contributed by atoms with Gasteiger partial charge < -0.3 is 15.4 Å². The average Bonchev–Trinajstić information content (AvgIpc) is 2.71. The van der Waals surface area contributed by atoms with Gasteiger partial charge in [-0.25, -0.2) is 13.1 Å². The molecule has 0 aromatic heterocycles. The molecule has 2 aliphatic rings. The van der Waals surface area contributed by atoms with E-state index >= 15 is 0 Å². The first-order valence-corrected chi connectivity index (χ1v) is 9.55. The van der Waals surface area contributed by atoms with E-state index in [-0.39, 0.29) is 21.7 Å². The second-order valence-corrected chi connectivity index (χ2v) is 8.45. The Bertz CT molecular complexity index is 696. The third-order valence-corrected chi connectivity index (χ3v) is 6.86. The molecule has 3 atom stereocenters. The molecule has 2 bridgehead atoms. The van der Waals surface area contributed by atoms with Crippen molar-refractivity contribution < 1.29 is 13.2 Å². The highest BCUT2D eigenvalue weighted by atomic mass is 35.5. The number of fused-ring (bicyclic) bond motifs is 2. The monoisotopic (exact) mass is 359 g/mol. The highest BCUT2D eigenvalue weighted by Gasteiger charge is 2.40. The molecule has 0 amide bonds. The minimum atomic E-state index is -3.71. The average molecular weight is 360 g/mol. The quantitative estimate of drug-likeness (QED) is 0.801. The Balaban J connectivity index is 1.84. The molecule has 2 saturated heterocycles. The number of halogens is 1. The van der Waals surface area contributed by atoms with Gasteiger partial charge in [-0.3, -0.25) is 0 Å². The first-order valence-electron chi connectivity index (χ1n) is 7.69. The van der Waals surface area contributed by atoms with E-state index in [1.54, 1.807) is 0 Å². The summed E-state index contributed by atoms with van der Waals surface area (Å²) in [4.78, 5) is 2.40. The number of benzene rings is 1. The molecular weight excluding hydrogens is 338 g/mol. The Hall–Kier alpha value is -1.02. The summed E-state index contributed by atoms with van der Waals surface area (Å²) in [6.07, 6.45) is 3.93. The lowest BCUT2D eigenvalue weighted by Gasteiger charge is -2.36. The number of hydrogen-bond donors (Lipinski definition) is 2. The fourth-order valence-corrected chi connectivity index (χ4v) is 5.38. The largest absolute Gasteiger partial charge is 0.495 e. The molecule has 0 radical (unpaired) electrons. The number of nitrogen functional groups attached to an aromatic ring is 1. The van der Waals surface area contributed by atoms with Crippen LogP contribution in [0.2, 0.25) is 5.02 Å². The topological polar surface area (TPSA) is 84.7 Å². The van der Waals surface area contributed by atoms with Crippen LogP contribution in [0.25, 0.3) is 0 Å². The number of methoxy groups -OCH3 is 1. The Morgan fingerprint density at radius 1 is 1.30 bits per heavy atom. The number of hydrogen-bond acceptors (Lipinski definition) is 5. The lowest BCUT2D eigenvalue weighted by Crippen LogP contribution is -2.48.